The van der Waals surface area contributed by atoms with Gasteiger partial charge in [0, 0.05) is 28.7 Å². The number of rotatable bonds is 1. The van der Waals surface area contributed by atoms with Gasteiger partial charge < -0.3 is 10.5 Å². The van der Waals surface area contributed by atoms with E-state index >= 15 is 0 Å². The molecule has 0 radical (unpaired) electrons. The number of halogens is 1. The number of hydrogen-bond donors (Lipinski definition) is 1. The average molecular weight is 311 g/mol. The molecule has 0 spiro atoms. The molecule has 88 valence electrons. The molecule has 0 fully saturated rings. The number of hydrogen-bond acceptors (Lipinski definition) is 4. The molecule has 5 heteroatoms. The molecule has 0 saturated heterocycles. The smallest absolute Gasteiger partial charge is 0.136 e. The van der Waals surface area contributed by atoms with Crippen LogP contribution in [0.4, 0.5) is 0 Å². The summed E-state index contributed by atoms with van der Waals surface area (Å²) in [5.41, 5.74) is 9.08. The molecule has 17 heavy (non-hydrogen) atoms. The number of ether oxygens (including phenoxy) is 1. The summed E-state index contributed by atoms with van der Waals surface area (Å²) in [6.07, 6.45) is 2.68. The summed E-state index contributed by atoms with van der Waals surface area (Å²) in [6.45, 7) is 0. The minimum Gasteiger partial charge on any atom is -0.484 e. The van der Waals surface area contributed by atoms with Crippen LogP contribution in [0, 0.1) is 0 Å². The normalized spacial score (nSPS) is 22.9. The van der Waals surface area contributed by atoms with Gasteiger partial charge in [-0.3, -0.25) is 4.98 Å². The van der Waals surface area contributed by atoms with Gasteiger partial charge in [-0.05, 0) is 12.1 Å². The summed E-state index contributed by atoms with van der Waals surface area (Å²) >= 11 is 5.06. The van der Waals surface area contributed by atoms with E-state index in [1.165, 1.54) is 0 Å². The molecule has 1 aliphatic rings. The molecule has 1 aromatic heterocycles. The second-order valence-electron chi connectivity index (χ2n) is 4.03. The second kappa shape index (κ2) is 4.40. The highest BCUT2D eigenvalue weighted by molar-refractivity contribution is 9.10. The molecule has 2 aromatic rings. The SMILES string of the molecule is N[C@@H]1CC(c2cncs2)Oc2cc(Br)ccc21. The first-order valence-electron chi connectivity index (χ1n) is 5.34. The maximum absolute atomic E-state index is 6.18. The van der Waals surface area contributed by atoms with E-state index in [4.69, 9.17) is 10.5 Å². The zero-order valence-corrected chi connectivity index (χ0v) is 11.4. The molecule has 1 aromatic carbocycles. The lowest BCUT2D eigenvalue weighted by atomic mass is 9.97. The van der Waals surface area contributed by atoms with Crippen molar-refractivity contribution in [2.45, 2.75) is 18.6 Å². The maximum atomic E-state index is 6.18. The Balaban J connectivity index is 1.97. The molecular formula is C12H11BrN2OS. The van der Waals surface area contributed by atoms with Gasteiger partial charge in [-0.15, -0.1) is 11.3 Å². The van der Waals surface area contributed by atoms with Crippen LogP contribution in [0.25, 0.3) is 0 Å². The molecular weight excluding hydrogens is 300 g/mol. The Kier molecular flexibility index (Phi) is 2.90. The predicted molar refractivity (Wildman–Crippen MR) is 71.2 cm³/mol. The molecule has 2 atom stereocenters. The summed E-state index contributed by atoms with van der Waals surface area (Å²) in [7, 11) is 0. The lowest BCUT2D eigenvalue weighted by Gasteiger charge is -2.29. The first-order valence-corrected chi connectivity index (χ1v) is 7.01. The topological polar surface area (TPSA) is 48.1 Å². The van der Waals surface area contributed by atoms with Crippen molar-refractivity contribution in [1.29, 1.82) is 0 Å². The molecule has 0 bridgehead atoms. The Morgan fingerprint density at radius 3 is 3.12 bits per heavy atom. The van der Waals surface area contributed by atoms with Gasteiger partial charge in [0.15, 0.2) is 0 Å². The summed E-state index contributed by atoms with van der Waals surface area (Å²) < 4.78 is 7.00. The van der Waals surface area contributed by atoms with Crippen LogP contribution in [0.3, 0.4) is 0 Å². The van der Waals surface area contributed by atoms with Crippen LogP contribution in [0.2, 0.25) is 0 Å². The minimum absolute atomic E-state index is 0.0268. The van der Waals surface area contributed by atoms with Gasteiger partial charge >= 0.3 is 0 Å². The molecule has 0 aliphatic carbocycles. The Hall–Kier alpha value is -0.910. The first-order chi connectivity index (χ1) is 8.24. The monoisotopic (exact) mass is 310 g/mol. The number of nitrogens with two attached hydrogens (primary N) is 1. The number of thiazole rings is 1. The van der Waals surface area contributed by atoms with Crippen molar-refractivity contribution in [1.82, 2.24) is 4.98 Å². The number of aromatic nitrogens is 1. The third-order valence-corrected chi connectivity index (χ3v) is 4.24. The van der Waals surface area contributed by atoms with Gasteiger partial charge in [-0.1, -0.05) is 22.0 Å². The number of fused-ring (bicyclic) bond motifs is 1. The quantitative estimate of drug-likeness (QED) is 0.878. The molecule has 2 heterocycles. The molecule has 2 N–H and O–H groups in total. The van der Waals surface area contributed by atoms with E-state index in [9.17, 15) is 0 Å². The van der Waals surface area contributed by atoms with Gasteiger partial charge in [0.25, 0.3) is 0 Å². The van der Waals surface area contributed by atoms with Gasteiger partial charge in [0.05, 0.1) is 10.4 Å². The highest BCUT2D eigenvalue weighted by atomic mass is 79.9. The lowest BCUT2D eigenvalue weighted by Crippen LogP contribution is -2.23. The predicted octanol–water partition coefficient (Wildman–Crippen LogP) is 3.43. The van der Waals surface area contributed by atoms with Crippen molar-refractivity contribution in [2.75, 3.05) is 0 Å². The van der Waals surface area contributed by atoms with Crippen molar-refractivity contribution in [2.24, 2.45) is 5.73 Å². The molecule has 1 unspecified atom stereocenters. The fourth-order valence-corrected chi connectivity index (χ4v) is 3.04. The summed E-state index contributed by atoms with van der Waals surface area (Å²) in [4.78, 5) is 5.22. The van der Waals surface area contributed by atoms with Gasteiger partial charge in [0.2, 0.25) is 0 Å². The van der Waals surface area contributed by atoms with Gasteiger partial charge in [0.1, 0.15) is 11.9 Å². The van der Waals surface area contributed by atoms with Crippen molar-refractivity contribution < 1.29 is 4.74 Å². The minimum atomic E-state index is 0.0268. The van der Waals surface area contributed by atoms with Crippen LogP contribution in [-0.4, -0.2) is 4.98 Å². The Labute approximate surface area is 112 Å². The third-order valence-electron chi connectivity index (χ3n) is 2.88. The van der Waals surface area contributed by atoms with Crippen LogP contribution in [0.1, 0.15) is 29.0 Å². The highest BCUT2D eigenvalue weighted by Crippen LogP contribution is 2.41. The summed E-state index contributed by atoms with van der Waals surface area (Å²) in [5.74, 6) is 0.872. The standard InChI is InChI=1S/C12H11BrN2OS/c13-7-1-2-8-9(14)4-11(16-10(8)3-7)12-5-15-6-17-12/h1-3,5-6,9,11H,4,14H2/t9-,11?/m1/s1. The van der Waals surface area contributed by atoms with E-state index in [-0.39, 0.29) is 12.1 Å². The zero-order valence-electron chi connectivity index (χ0n) is 8.97. The van der Waals surface area contributed by atoms with Crippen LogP contribution < -0.4 is 10.5 Å². The highest BCUT2D eigenvalue weighted by Gasteiger charge is 2.27. The van der Waals surface area contributed by atoms with Crippen molar-refractivity contribution in [3.05, 3.63) is 44.8 Å². The number of nitrogens with zero attached hydrogens (tertiary/aromatic N) is 1. The van der Waals surface area contributed by atoms with Gasteiger partial charge in [-0.25, -0.2) is 0 Å². The van der Waals surface area contributed by atoms with Crippen LogP contribution in [-0.2, 0) is 0 Å². The zero-order chi connectivity index (χ0) is 11.8. The van der Waals surface area contributed by atoms with E-state index < -0.39 is 0 Å². The first kappa shape index (κ1) is 11.2. The van der Waals surface area contributed by atoms with E-state index in [1.54, 1.807) is 11.3 Å². The summed E-state index contributed by atoms with van der Waals surface area (Å²) in [5, 5.41) is 0. The van der Waals surface area contributed by atoms with E-state index in [2.05, 4.69) is 20.9 Å². The largest absolute Gasteiger partial charge is 0.484 e. The number of benzene rings is 1. The fourth-order valence-electron chi connectivity index (χ4n) is 2.03. The van der Waals surface area contributed by atoms with Crippen molar-refractivity contribution in [3.8, 4) is 5.75 Å². The summed E-state index contributed by atoms with van der Waals surface area (Å²) in [6, 6.07) is 6.02. The third kappa shape index (κ3) is 2.10. The van der Waals surface area contributed by atoms with Crippen LogP contribution >= 0.6 is 27.3 Å². The van der Waals surface area contributed by atoms with Crippen LogP contribution in [0.5, 0.6) is 5.75 Å². The van der Waals surface area contributed by atoms with E-state index in [0.717, 1.165) is 27.1 Å². The molecule has 3 rings (SSSR count). The Morgan fingerprint density at radius 2 is 2.35 bits per heavy atom. The maximum Gasteiger partial charge on any atom is 0.136 e. The van der Waals surface area contributed by atoms with Crippen molar-refractivity contribution >= 4 is 27.3 Å². The molecule has 3 nitrogen and oxygen atoms in total. The molecule has 0 amide bonds. The van der Waals surface area contributed by atoms with E-state index in [1.807, 2.05) is 29.9 Å². The Bertz CT molecular complexity index is 529. The molecule has 1 aliphatic heterocycles. The average Bonchev–Trinajstić information content (AvgIpc) is 2.81. The van der Waals surface area contributed by atoms with E-state index in [0.29, 0.717) is 0 Å². The van der Waals surface area contributed by atoms with Gasteiger partial charge in [-0.2, -0.15) is 0 Å². The van der Waals surface area contributed by atoms with Crippen LogP contribution in [0.15, 0.2) is 34.4 Å². The molecule has 0 saturated carbocycles. The lowest BCUT2D eigenvalue weighted by molar-refractivity contribution is 0.164. The second-order valence-corrected chi connectivity index (χ2v) is 5.87. The van der Waals surface area contributed by atoms with Crippen molar-refractivity contribution in [3.63, 3.8) is 0 Å². The Morgan fingerprint density at radius 1 is 1.47 bits per heavy atom. The fraction of sp³-hybridized carbons (Fsp3) is 0.250.